The fraction of sp³-hybridized carbons (Fsp3) is 0.343. The molecule has 0 saturated carbocycles. The number of fused-ring (bicyclic) bond motifs is 2. The van der Waals surface area contributed by atoms with Crippen LogP contribution in [-0.4, -0.2) is 145 Å². The first-order chi connectivity index (χ1) is 43.5. The molecule has 4 N–H and O–H groups in total. The quantitative estimate of drug-likeness (QED) is 0.0662. The Morgan fingerprint density at radius 3 is 1.39 bits per heavy atom. The Hall–Kier alpha value is -8.68. The van der Waals surface area contributed by atoms with E-state index in [9.17, 15) is 48.6 Å². The highest BCUT2D eigenvalue weighted by Gasteiger charge is 2.33. The molecule has 2 heterocycles. The van der Waals surface area contributed by atoms with E-state index in [0.29, 0.717) is 42.3 Å². The molecule has 20 heteroatoms. The molecule has 4 amide bonds. The van der Waals surface area contributed by atoms with Crippen molar-refractivity contribution in [3.05, 3.63) is 213 Å². The van der Waals surface area contributed by atoms with Crippen molar-refractivity contribution in [1.82, 2.24) is 20.4 Å². The van der Waals surface area contributed by atoms with Crippen LogP contribution in [0.15, 0.2) is 170 Å². The fourth-order valence-electron chi connectivity index (χ4n) is 10.4. The zero-order valence-electron chi connectivity index (χ0n) is 50.4. The number of methoxy groups -OCH3 is 2. The Bertz CT molecular complexity index is 3390. The van der Waals surface area contributed by atoms with Crippen molar-refractivity contribution in [3.63, 3.8) is 0 Å². The maximum absolute atomic E-state index is 13.7. The summed E-state index contributed by atoms with van der Waals surface area (Å²) in [5.74, 6) is -4.97. The van der Waals surface area contributed by atoms with E-state index in [2.05, 4.69) is 10.6 Å². The van der Waals surface area contributed by atoms with E-state index in [0.717, 1.165) is 22.3 Å². The molecule has 474 valence electrons. The summed E-state index contributed by atoms with van der Waals surface area (Å²) in [5, 5.41) is 27.9. The Labute approximate surface area is 534 Å². The summed E-state index contributed by atoms with van der Waals surface area (Å²) >= 11 is 12.4. The van der Waals surface area contributed by atoms with Crippen molar-refractivity contribution in [2.45, 2.75) is 88.5 Å². The number of ether oxygens (including phenoxy) is 4. The van der Waals surface area contributed by atoms with Crippen molar-refractivity contribution in [3.8, 4) is 11.5 Å². The fourth-order valence-corrected chi connectivity index (χ4v) is 10.7. The monoisotopic (exact) mass is 1270 g/mol. The zero-order valence-corrected chi connectivity index (χ0v) is 51.9. The lowest BCUT2D eigenvalue weighted by Crippen LogP contribution is -2.47. The number of halogens is 2. The number of hydrogen-bond acceptors (Lipinski definition) is 14. The highest BCUT2D eigenvalue weighted by atomic mass is 35.5. The van der Waals surface area contributed by atoms with Gasteiger partial charge in [0.25, 0.3) is 0 Å². The number of Topliss-reactive ketones (excluding diaryl/α,β-unsaturated/α-hetero) is 2. The van der Waals surface area contributed by atoms with Gasteiger partial charge in [0.15, 0.2) is 11.6 Å². The molecule has 0 unspecified atom stereocenters. The maximum atomic E-state index is 13.7. The Morgan fingerprint density at radius 1 is 0.533 bits per heavy atom. The summed E-state index contributed by atoms with van der Waals surface area (Å²) in [6.07, 6.45) is 1.91. The van der Waals surface area contributed by atoms with Crippen LogP contribution >= 0.6 is 23.2 Å². The Morgan fingerprint density at radius 2 is 0.944 bits per heavy atom. The lowest BCUT2D eigenvalue weighted by molar-refractivity contribution is -0.146. The van der Waals surface area contributed by atoms with E-state index < -0.39 is 65.7 Å². The van der Waals surface area contributed by atoms with E-state index in [4.69, 9.17) is 42.1 Å². The van der Waals surface area contributed by atoms with E-state index in [1.165, 1.54) is 37.3 Å². The van der Waals surface area contributed by atoms with Gasteiger partial charge < -0.3 is 49.6 Å². The topological polar surface area (TPSA) is 244 Å². The SMILES string of the molecule is COC(=O)[C@@H]1CCC(=O)N(CCc2ccccc2)C/C=C/COc2cc(Cl)ccc2C(=O)C[C@H](Cc2ccccc2)C(=O)N1.COC(=O)[C@@H]1CCC(=O)N(CCc2ccccc2)C[C@@H](O)[C@H](O)COc2cc(Cl)ccc2C(=O)C[C@H](Cc2ccccc2)C(=O)N1. The van der Waals surface area contributed by atoms with Gasteiger partial charge in [-0.1, -0.05) is 151 Å². The molecule has 0 fully saturated rings. The van der Waals surface area contributed by atoms with Crippen LogP contribution < -0.4 is 20.1 Å². The number of rotatable bonds is 12. The second-order valence-electron chi connectivity index (χ2n) is 21.9. The third kappa shape index (κ3) is 21.5. The van der Waals surface area contributed by atoms with Crippen molar-refractivity contribution in [2.75, 3.05) is 53.6 Å². The van der Waals surface area contributed by atoms with Crippen molar-refractivity contribution in [2.24, 2.45) is 11.8 Å². The third-order valence-corrected chi connectivity index (χ3v) is 15.9. The molecule has 8 rings (SSSR count). The van der Waals surface area contributed by atoms with Crippen LogP contribution in [0, 0.1) is 11.8 Å². The number of ketones is 2. The molecule has 6 aromatic rings. The molecular weight excluding hydrogens is 1190 g/mol. The molecular formula is C70H76Cl2N4O14. The largest absolute Gasteiger partial charge is 0.490 e. The second-order valence-corrected chi connectivity index (χ2v) is 22.8. The number of carbonyl (C=O) groups is 8. The molecule has 0 aromatic heterocycles. The summed E-state index contributed by atoms with van der Waals surface area (Å²) in [6, 6.07) is 44.8. The summed E-state index contributed by atoms with van der Waals surface area (Å²) in [5.41, 5.74) is 4.19. The predicted octanol–water partition coefficient (Wildman–Crippen LogP) is 8.62. The van der Waals surface area contributed by atoms with Gasteiger partial charge in [0.1, 0.15) is 49.0 Å². The van der Waals surface area contributed by atoms with E-state index >= 15 is 0 Å². The molecule has 90 heavy (non-hydrogen) atoms. The first kappa shape index (κ1) is 68.8. The highest BCUT2D eigenvalue weighted by Crippen LogP contribution is 2.30. The van der Waals surface area contributed by atoms with Gasteiger partial charge in [0, 0.05) is 73.7 Å². The summed E-state index contributed by atoms with van der Waals surface area (Å²) in [4.78, 5) is 110. The molecule has 2 aliphatic heterocycles. The number of amides is 4. The van der Waals surface area contributed by atoms with Crippen LogP contribution in [0.2, 0.25) is 10.0 Å². The summed E-state index contributed by atoms with van der Waals surface area (Å²) in [7, 11) is 2.43. The Kier molecular flexibility index (Phi) is 27.1. The summed E-state index contributed by atoms with van der Waals surface area (Å²) in [6.45, 7) is 0.571. The number of carbonyl (C=O) groups excluding carboxylic acids is 8. The van der Waals surface area contributed by atoms with Crippen LogP contribution in [0.3, 0.4) is 0 Å². The average molecular weight is 1270 g/mol. The molecule has 2 aliphatic rings. The van der Waals surface area contributed by atoms with Gasteiger partial charge >= 0.3 is 11.9 Å². The number of aliphatic hydroxyl groups is 2. The van der Waals surface area contributed by atoms with Crippen molar-refractivity contribution in [1.29, 1.82) is 0 Å². The van der Waals surface area contributed by atoms with Crippen LogP contribution in [0.4, 0.5) is 0 Å². The van der Waals surface area contributed by atoms with E-state index in [1.54, 1.807) is 29.2 Å². The van der Waals surface area contributed by atoms with Gasteiger partial charge in [0.05, 0.1) is 25.3 Å². The molecule has 0 bridgehead atoms. The van der Waals surface area contributed by atoms with Gasteiger partial charge in [-0.3, -0.25) is 28.8 Å². The number of β-amino-alcohol motifs (C(OH)–C–C–N with tert-alkyl or cyclic N) is 1. The molecule has 18 nitrogen and oxygen atoms in total. The van der Waals surface area contributed by atoms with Gasteiger partial charge in [-0.2, -0.15) is 0 Å². The van der Waals surface area contributed by atoms with Gasteiger partial charge in [-0.25, -0.2) is 9.59 Å². The number of nitrogens with zero attached hydrogens (tertiary/aromatic N) is 2. The number of benzene rings is 6. The number of aliphatic hydroxyl groups excluding tert-OH is 2. The minimum atomic E-state index is -1.42. The number of hydrogen-bond donors (Lipinski definition) is 4. The van der Waals surface area contributed by atoms with Crippen LogP contribution in [0.25, 0.3) is 0 Å². The lowest BCUT2D eigenvalue weighted by atomic mass is 9.90. The average Bonchev–Trinajstić information content (AvgIpc) is 3.06. The highest BCUT2D eigenvalue weighted by molar-refractivity contribution is 6.31. The zero-order chi connectivity index (χ0) is 64.4. The number of esters is 2. The van der Waals surface area contributed by atoms with Gasteiger partial charge in [-0.15, -0.1) is 0 Å². The second kappa shape index (κ2) is 35.5. The molecule has 6 atom stereocenters. The summed E-state index contributed by atoms with van der Waals surface area (Å²) < 4.78 is 21.7. The van der Waals surface area contributed by atoms with Crippen LogP contribution in [-0.2, 0) is 63.9 Å². The molecule has 0 saturated heterocycles. The molecule has 0 aliphatic carbocycles. The maximum Gasteiger partial charge on any atom is 0.328 e. The van der Waals surface area contributed by atoms with Crippen LogP contribution in [0.1, 0.15) is 81.5 Å². The van der Waals surface area contributed by atoms with Gasteiger partial charge in [-0.05, 0) is 103 Å². The smallest absolute Gasteiger partial charge is 0.328 e. The van der Waals surface area contributed by atoms with Crippen LogP contribution in [0.5, 0.6) is 11.5 Å². The number of nitrogens with one attached hydrogen (secondary N) is 2. The minimum Gasteiger partial charge on any atom is -0.490 e. The van der Waals surface area contributed by atoms with E-state index in [1.807, 2.05) is 127 Å². The van der Waals surface area contributed by atoms with Gasteiger partial charge in [0.2, 0.25) is 23.6 Å². The standard InChI is InChI=1S/C35H39ClN2O8.C35H37ClN2O6/c1-45-35(44)28-14-15-33(42)38(17-16-23-8-4-2-5-9-23)21-30(40)31(41)22-46-32-20-26(36)12-13-27(32)29(39)19-25(34(43)37-28)18-24-10-6-3-7-11-24;1-43-35(42)30-16-17-33(40)38(20-18-25-10-4-2-5-11-25)19-8-9-21-44-32-24-28(36)14-15-29(32)31(39)23-27(34(41)37-30)22-26-12-6-3-7-13-26/h2-13,20,25,28,30-31,40-41H,14-19,21-22H2,1H3,(H,37,43);2-15,24,27,30H,16-23H2,1H3,(H,37,41)/b;9-8+/t25-,28-,30+,31+;27-,30-/m00/s1. The van der Waals surface area contributed by atoms with Crippen molar-refractivity contribution >= 4 is 70.3 Å². The minimum absolute atomic E-state index is 0.0192. The first-order valence-electron chi connectivity index (χ1n) is 29.9. The first-order valence-corrected chi connectivity index (χ1v) is 30.6. The van der Waals surface area contributed by atoms with Crippen molar-refractivity contribution < 1.29 is 67.5 Å². The predicted molar refractivity (Wildman–Crippen MR) is 340 cm³/mol. The molecule has 0 radical (unpaired) electrons. The normalized spacial score (nSPS) is 20.6. The molecule has 6 aromatic carbocycles. The van der Waals surface area contributed by atoms with E-state index in [-0.39, 0.29) is 112 Å². The molecule has 0 spiro atoms. The lowest BCUT2D eigenvalue weighted by Gasteiger charge is -2.28. The Balaban J connectivity index is 0.000000256. The third-order valence-electron chi connectivity index (χ3n) is 15.5.